The lowest BCUT2D eigenvalue weighted by Crippen LogP contribution is -2.37. The van der Waals surface area contributed by atoms with Crippen molar-refractivity contribution in [3.8, 4) is 0 Å². The summed E-state index contributed by atoms with van der Waals surface area (Å²) in [7, 11) is 0. The van der Waals surface area contributed by atoms with E-state index in [-0.39, 0.29) is 0 Å². The fraction of sp³-hybridized carbons (Fsp3) is 0.286. The largest absolute Gasteiger partial charge is 0.455 e. The van der Waals surface area contributed by atoms with Crippen molar-refractivity contribution in [2.45, 2.75) is 5.54 Å². The van der Waals surface area contributed by atoms with Crippen molar-refractivity contribution in [3.63, 3.8) is 0 Å². The number of nitro groups is 1. The molecule has 0 aromatic carbocycles. The maximum absolute atomic E-state index is 10.5. The Hall–Kier alpha value is -1.39. The number of hydrogen-bond acceptors (Lipinski definition) is 4. The Kier molecular flexibility index (Phi) is 3.40. The van der Waals surface area contributed by atoms with Gasteiger partial charge in [-0.25, -0.2) is 4.79 Å². The minimum absolute atomic E-state index is 0.467. The van der Waals surface area contributed by atoms with E-state index in [1.54, 1.807) is 0 Å². The van der Waals surface area contributed by atoms with Crippen LogP contribution in [0.4, 0.5) is 0 Å². The number of carbonyl (C=O) groups is 1. The van der Waals surface area contributed by atoms with E-state index in [4.69, 9.17) is 0 Å². The molecule has 0 bridgehead atoms. The van der Waals surface area contributed by atoms with Crippen LogP contribution < -0.4 is 0 Å². The molecule has 0 aromatic heterocycles. The zero-order chi connectivity index (χ0) is 9.78. The van der Waals surface area contributed by atoms with Gasteiger partial charge in [-0.2, -0.15) is 0 Å². The van der Waals surface area contributed by atoms with Crippen LogP contribution in [0, 0.1) is 24.0 Å². The van der Waals surface area contributed by atoms with Crippen molar-refractivity contribution < 1.29 is 14.5 Å². The summed E-state index contributed by atoms with van der Waals surface area (Å²) in [6, 6.07) is 0. The summed E-state index contributed by atoms with van der Waals surface area (Å²) >= 11 is 0. The Labute approximate surface area is 70.2 Å². The lowest BCUT2D eigenvalue weighted by atomic mass is 10.1. The quantitative estimate of drug-likeness (QED) is 0.265. The molecule has 0 unspecified atom stereocenters. The normalized spacial score (nSPS) is 10.5. The van der Waals surface area contributed by atoms with Crippen molar-refractivity contribution >= 4 is 5.97 Å². The summed E-state index contributed by atoms with van der Waals surface area (Å²) in [4.78, 5) is 19.9. The highest BCUT2D eigenvalue weighted by Crippen LogP contribution is 2.06. The lowest BCUT2D eigenvalue weighted by molar-refractivity contribution is -0.545. The molecule has 0 saturated carbocycles. The Balaban J connectivity index is 4.00. The first-order valence-corrected chi connectivity index (χ1v) is 3.04. The summed E-state index contributed by atoms with van der Waals surface area (Å²) in [6.45, 7) is 8.96. The van der Waals surface area contributed by atoms with Crippen molar-refractivity contribution in [3.05, 3.63) is 36.6 Å². The number of ether oxygens (including phenoxy) is 1. The highest BCUT2D eigenvalue weighted by Gasteiger charge is 2.32. The molecule has 0 spiro atoms. The average Bonchev–Trinajstić information content (AvgIpc) is 2.00. The van der Waals surface area contributed by atoms with E-state index < -0.39 is 23.0 Å². The number of hydrogen-bond donors (Lipinski definition) is 0. The molecule has 12 heavy (non-hydrogen) atoms. The Morgan fingerprint density at radius 2 is 2.17 bits per heavy atom. The molecule has 66 valence electrons. The van der Waals surface area contributed by atoms with Crippen LogP contribution in [0.15, 0.2) is 12.7 Å². The van der Waals surface area contributed by atoms with E-state index in [2.05, 4.69) is 25.2 Å². The van der Waals surface area contributed by atoms with Crippen LogP contribution in [0.3, 0.4) is 0 Å². The van der Waals surface area contributed by atoms with Crippen LogP contribution in [0.2, 0.25) is 0 Å². The molecule has 0 heterocycles. The smallest absolute Gasteiger partial charge is 0.330 e. The Bertz CT molecular complexity index is 209. The van der Waals surface area contributed by atoms with Crippen molar-refractivity contribution in [1.82, 2.24) is 0 Å². The summed E-state index contributed by atoms with van der Waals surface area (Å²) < 4.78 is 4.39. The first kappa shape index (κ1) is 10.6. The van der Waals surface area contributed by atoms with Gasteiger partial charge in [-0.3, -0.25) is 10.1 Å². The first-order valence-electron chi connectivity index (χ1n) is 3.04. The molecular weight excluding hydrogens is 162 g/mol. The maximum atomic E-state index is 10.5. The van der Waals surface area contributed by atoms with Gasteiger partial charge in [-0.15, -0.1) is 0 Å². The Morgan fingerprint density at radius 1 is 1.67 bits per heavy atom. The van der Waals surface area contributed by atoms with Gasteiger partial charge in [0.15, 0.2) is 6.61 Å². The van der Waals surface area contributed by atoms with Gasteiger partial charge in [0.05, 0.1) is 0 Å². The second-order valence-electron chi connectivity index (χ2n) is 2.29. The molecule has 0 N–H and O–H groups in total. The van der Waals surface area contributed by atoms with E-state index in [1.807, 2.05) is 0 Å². The second-order valence-corrected chi connectivity index (χ2v) is 2.29. The zero-order valence-corrected chi connectivity index (χ0v) is 6.49. The average molecular weight is 171 g/mol. The summed E-state index contributed by atoms with van der Waals surface area (Å²) in [5.74, 6) is -0.728. The monoisotopic (exact) mass is 171 g/mol. The summed E-state index contributed by atoms with van der Waals surface area (Å²) in [5.41, 5.74) is -1.74. The minimum Gasteiger partial charge on any atom is -0.455 e. The predicted molar refractivity (Wildman–Crippen MR) is 41.6 cm³/mol. The van der Waals surface area contributed by atoms with E-state index in [0.29, 0.717) is 0 Å². The zero-order valence-electron chi connectivity index (χ0n) is 6.49. The SMILES string of the molecule is [CH2]C([CH2])(COC(=O)C=C)[N+](=O)[O-]. The number of nitrogens with zero attached hydrogens (tertiary/aromatic N) is 1. The highest BCUT2D eigenvalue weighted by molar-refractivity contribution is 5.81. The van der Waals surface area contributed by atoms with Gasteiger partial charge in [0.1, 0.15) is 0 Å². The van der Waals surface area contributed by atoms with Crippen LogP contribution >= 0.6 is 0 Å². The van der Waals surface area contributed by atoms with Crippen LogP contribution in [-0.2, 0) is 9.53 Å². The molecule has 0 atom stereocenters. The molecule has 5 heteroatoms. The second kappa shape index (κ2) is 3.85. The van der Waals surface area contributed by atoms with Crippen molar-refractivity contribution in [2.75, 3.05) is 6.61 Å². The van der Waals surface area contributed by atoms with E-state index in [9.17, 15) is 14.9 Å². The summed E-state index contributed by atoms with van der Waals surface area (Å²) in [5, 5.41) is 10.2. The van der Waals surface area contributed by atoms with Crippen molar-refractivity contribution in [1.29, 1.82) is 0 Å². The molecule has 0 aromatic rings. The molecule has 0 aliphatic carbocycles. The topological polar surface area (TPSA) is 69.4 Å². The third-order valence-electron chi connectivity index (χ3n) is 1.04. The predicted octanol–water partition coefficient (Wildman–Crippen LogP) is 0.399. The van der Waals surface area contributed by atoms with E-state index >= 15 is 0 Å². The molecule has 5 nitrogen and oxygen atoms in total. The summed E-state index contributed by atoms with van der Waals surface area (Å²) in [6.07, 6.45) is 0.913. The van der Waals surface area contributed by atoms with Gasteiger partial charge in [0.2, 0.25) is 0 Å². The van der Waals surface area contributed by atoms with Crippen molar-refractivity contribution in [2.24, 2.45) is 0 Å². The molecule has 2 radical (unpaired) electrons. The minimum atomic E-state index is -1.74. The Morgan fingerprint density at radius 3 is 2.50 bits per heavy atom. The van der Waals surface area contributed by atoms with Gasteiger partial charge in [-0.1, -0.05) is 6.58 Å². The standard InChI is InChI=1S/C7H9NO4/c1-4-6(9)12-5-7(2,3)8(10)11/h4H,1-3,5H2. The first-order chi connectivity index (χ1) is 5.40. The lowest BCUT2D eigenvalue weighted by Gasteiger charge is -2.13. The van der Waals surface area contributed by atoms with Crippen LogP contribution in [0.1, 0.15) is 0 Å². The fourth-order valence-corrected chi connectivity index (χ4v) is 0.317. The molecule has 0 amide bonds. The van der Waals surface area contributed by atoms with Gasteiger partial charge < -0.3 is 4.74 Å². The number of carbonyl (C=O) groups excluding carboxylic acids is 1. The van der Waals surface area contributed by atoms with Gasteiger partial charge in [-0.05, 0) is 0 Å². The molecule has 0 rings (SSSR count). The third-order valence-corrected chi connectivity index (χ3v) is 1.04. The molecule has 0 aliphatic rings. The van der Waals surface area contributed by atoms with E-state index in [0.717, 1.165) is 6.08 Å². The number of rotatable bonds is 4. The fourth-order valence-electron chi connectivity index (χ4n) is 0.317. The van der Waals surface area contributed by atoms with Gasteiger partial charge in [0.25, 0.3) is 5.54 Å². The molecular formula is C7H9NO4. The number of esters is 1. The van der Waals surface area contributed by atoms with Crippen LogP contribution in [-0.4, -0.2) is 23.0 Å². The van der Waals surface area contributed by atoms with Crippen LogP contribution in [0.25, 0.3) is 0 Å². The van der Waals surface area contributed by atoms with E-state index in [1.165, 1.54) is 0 Å². The molecule has 0 fully saturated rings. The molecule has 0 saturated heterocycles. The maximum Gasteiger partial charge on any atom is 0.330 e. The highest BCUT2D eigenvalue weighted by atomic mass is 16.6. The molecule has 0 aliphatic heterocycles. The van der Waals surface area contributed by atoms with Gasteiger partial charge in [0, 0.05) is 24.8 Å². The van der Waals surface area contributed by atoms with Gasteiger partial charge >= 0.3 is 5.97 Å². The van der Waals surface area contributed by atoms with Crippen LogP contribution in [0.5, 0.6) is 0 Å². The third kappa shape index (κ3) is 3.14.